The number of hydrogen-bond donors (Lipinski definition) is 2. The molecule has 3 N–H and O–H groups in total. The van der Waals surface area contributed by atoms with Crippen LogP contribution >= 0.6 is 0 Å². The molecule has 0 aliphatic rings. The maximum atomic E-state index is 11.0. The van der Waals surface area contributed by atoms with Crippen LogP contribution in [0.2, 0.25) is 0 Å². The molecule has 0 radical (unpaired) electrons. The number of aliphatic carboxylic acids is 1. The van der Waals surface area contributed by atoms with Crippen LogP contribution in [0.5, 0.6) is 0 Å². The van der Waals surface area contributed by atoms with Crippen molar-refractivity contribution in [1.82, 2.24) is 4.57 Å². The van der Waals surface area contributed by atoms with E-state index in [1.165, 1.54) is 0 Å². The predicted octanol–water partition coefficient (Wildman–Crippen LogP) is 3.11. The zero-order valence-corrected chi connectivity index (χ0v) is 13.2. The highest BCUT2D eigenvalue weighted by atomic mass is 16.4. The van der Waals surface area contributed by atoms with Crippen LogP contribution in [0.3, 0.4) is 0 Å². The number of carboxylic acids is 1. The number of carboxylic acid groups (broad SMARTS) is 1. The first-order valence-corrected chi connectivity index (χ1v) is 7.15. The van der Waals surface area contributed by atoms with E-state index in [9.17, 15) is 4.79 Å². The summed E-state index contributed by atoms with van der Waals surface area (Å²) in [4.78, 5) is 11.0. The van der Waals surface area contributed by atoms with Crippen LogP contribution < -0.4 is 5.73 Å². The van der Waals surface area contributed by atoms with Crippen molar-refractivity contribution < 1.29 is 9.90 Å². The van der Waals surface area contributed by atoms with Gasteiger partial charge in [0.25, 0.3) is 0 Å². The molecule has 1 aromatic carbocycles. The van der Waals surface area contributed by atoms with Gasteiger partial charge in [0.05, 0.1) is 0 Å². The summed E-state index contributed by atoms with van der Waals surface area (Å²) in [7, 11) is 1.97. The lowest BCUT2D eigenvalue weighted by atomic mass is 9.99. The first-order chi connectivity index (χ1) is 9.97. The molecule has 2 rings (SSSR count). The molecule has 1 atom stereocenters. The van der Waals surface area contributed by atoms with E-state index >= 15 is 0 Å². The van der Waals surface area contributed by atoms with Gasteiger partial charge in [-0.15, -0.1) is 0 Å². The summed E-state index contributed by atoms with van der Waals surface area (Å²) in [5.41, 5.74) is 9.79. The Morgan fingerprint density at radius 2 is 2.10 bits per heavy atom. The minimum absolute atomic E-state index is 0.323. The normalized spacial score (nSPS) is 11.7. The van der Waals surface area contributed by atoms with Gasteiger partial charge in [-0.1, -0.05) is 38.6 Å². The highest BCUT2D eigenvalue weighted by molar-refractivity contribution is 5.93. The molecular formula is C17H24N2O2. The zero-order chi connectivity index (χ0) is 16.2. The Kier molecular flexibility index (Phi) is 5.73. The summed E-state index contributed by atoms with van der Waals surface area (Å²) >= 11 is 0. The largest absolute Gasteiger partial charge is 0.480 e. The van der Waals surface area contributed by atoms with Crippen LogP contribution in [0.25, 0.3) is 17.0 Å². The second-order valence-electron chi connectivity index (χ2n) is 4.72. The fourth-order valence-corrected chi connectivity index (χ4v) is 2.46. The topological polar surface area (TPSA) is 68.2 Å². The highest BCUT2D eigenvalue weighted by Gasteiger charge is 2.19. The zero-order valence-electron chi connectivity index (χ0n) is 13.2. The fraction of sp³-hybridized carbons (Fsp3) is 0.353. The van der Waals surface area contributed by atoms with Crippen molar-refractivity contribution in [2.24, 2.45) is 12.8 Å². The van der Waals surface area contributed by atoms with Crippen molar-refractivity contribution in [2.75, 3.05) is 0 Å². The van der Waals surface area contributed by atoms with Crippen molar-refractivity contribution in [3.05, 3.63) is 41.6 Å². The summed E-state index contributed by atoms with van der Waals surface area (Å²) < 4.78 is 2.06. The number of nitrogens with zero attached hydrogens (tertiary/aromatic N) is 1. The van der Waals surface area contributed by atoms with Crippen molar-refractivity contribution >= 4 is 22.9 Å². The molecule has 0 saturated heterocycles. The molecule has 1 heterocycles. The van der Waals surface area contributed by atoms with Crippen LogP contribution in [-0.4, -0.2) is 21.7 Å². The molecule has 4 heteroatoms. The Labute approximate surface area is 125 Å². The molecule has 0 spiro atoms. The van der Waals surface area contributed by atoms with Crippen LogP contribution in [0.15, 0.2) is 24.8 Å². The van der Waals surface area contributed by atoms with Gasteiger partial charge in [-0.05, 0) is 24.1 Å². The fourth-order valence-electron chi connectivity index (χ4n) is 2.46. The smallest absolute Gasteiger partial charge is 0.320 e. The number of nitrogens with two attached hydrogens (primary N) is 1. The van der Waals surface area contributed by atoms with E-state index < -0.39 is 12.0 Å². The number of carbonyl (C=O) groups is 1. The van der Waals surface area contributed by atoms with E-state index in [-0.39, 0.29) is 0 Å². The van der Waals surface area contributed by atoms with Gasteiger partial charge in [0.15, 0.2) is 0 Å². The molecule has 0 saturated carbocycles. The van der Waals surface area contributed by atoms with Gasteiger partial charge in [-0.2, -0.15) is 0 Å². The van der Waals surface area contributed by atoms with E-state index in [0.29, 0.717) is 6.42 Å². The third-order valence-corrected chi connectivity index (χ3v) is 3.64. The van der Waals surface area contributed by atoms with Gasteiger partial charge in [-0.25, -0.2) is 0 Å². The van der Waals surface area contributed by atoms with Crippen molar-refractivity contribution in [3.8, 4) is 0 Å². The molecule has 114 valence electrons. The number of rotatable bonds is 4. The minimum atomic E-state index is -0.979. The van der Waals surface area contributed by atoms with Gasteiger partial charge in [0.1, 0.15) is 6.04 Å². The maximum Gasteiger partial charge on any atom is 0.320 e. The molecule has 4 nitrogen and oxygen atoms in total. The first kappa shape index (κ1) is 17.0. The minimum Gasteiger partial charge on any atom is -0.480 e. The third-order valence-electron chi connectivity index (χ3n) is 3.64. The van der Waals surface area contributed by atoms with E-state index in [4.69, 9.17) is 10.8 Å². The second kappa shape index (κ2) is 7.09. The van der Waals surface area contributed by atoms with Crippen LogP contribution in [0.4, 0.5) is 0 Å². The van der Waals surface area contributed by atoms with E-state index in [0.717, 1.165) is 27.7 Å². The number of aryl methyl sites for hydroxylation is 1. The number of fused-ring (bicyclic) bond motifs is 1. The molecule has 0 aliphatic heterocycles. The Balaban J connectivity index is 0.00000106. The van der Waals surface area contributed by atoms with Gasteiger partial charge in [0.2, 0.25) is 0 Å². The molecule has 0 amide bonds. The first-order valence-electron chi connectivity index (χ1n) is 7.15. The molecule has 0 fully saturated rings. The van der Waals surface area contributed by atoms with E-state index in [1.54, 1.807) is 6.08 Å². The van der Waals surface area contributed by atoms with Gasteiger partial charge < -0.3 is 15.4 Å². The third kappa shape index (κ3) is 3.16. The highest BCUT2D eigenvalue weighted by Crippen LogP contribution is 2.29. The predicted molar refractivity (Wildman–Crippen MR) is 88.4 cm³/mol. The molecule has 1 aromatic heterocycles. The second-order valence-corrected chi connectivity index (χ2v) is 4.72. The molecule has 0 aliphatic carbocycles. The number of aromatic nitrogens is 1. The van der Waals surface area contributed by atoms with E-state index in [1.807, 2.05) is 46.0 Å². The maximum absolute atomic E-state index is 11.0. The van der Waals surface area contributed by atoms with E-state index in [2.05, 4.69) is 11.1 Å². The molecule has 1 unspecified atom stereocenters. The lowest BCUT2D eigenvalue weighted by Crippen LogP contribution is -2.32. The molecular weight excluding hydrogens is 264 g/mol. The lowest BCUT2D eigenvalue weighted by molar-refractivity contribution is -0.138. The van der Waals surface area contributed by atoms with Gasteiger partial charge in [-0.3, -0.25) is 4.79 Å². The van der Waals surface area contributed by atoms with Crippen LogP contribution in [0, 0.1) is 6.92 Å². The number of benzene rings is 1. The van der Waals surface area contributed by atoms with Crippen molar-refractivity contribution in [1.29, 1.82) is 0 Å². The lowest BCUT2D eigenvalue weighted by Gasteiger charge is -2.08. The molecule has 2 aromatic rings. The summed E-state index contributed by atoms with van der Waals surface area (Å²) in [5, 5.41) is 10.0. The average molecular weight is 288 g/mol. The number of hydrogen-bond acceptors (Lipinski definition) is 2. The molecule has 0 bridgehead atoms. The molecule has 21 heavy (non-hydrogen) atoms. The summed E-state index contributed by atoms with van der Waals surface area (Å²) in [6.45, 7) is 9.80. The summed E-state index contributed by atoms with van der Waals surface area (Å²) in [6, 6.07) is 5.08. The SMILES string of the molecule is C=Cc1cccc2c1c(CC(N)C(=O)O)c(C)n2C.CC. The quantitative estimate of drug-likeness (QED) is 0.908. The Morgan fingerprint density at radius 3 is 2.62 bits per heavy atom. The average Bonchev–Trinajstić information content (AvgIpc) is 2.74. The standard InChI is InChI=1S/C15H18N2O2.C2H6/c1-4-10-6-5-7-13-14(10)11(9(2)17(13)3)8-12(16)15(18)19;1-2/h4-7,12H,1,8,16H2,2-3H3,(H,18,19);1-2H3. The van der Waals surface area contributed by atoms with Crippen molar-refractivity contribution in [2.45, 2.75) is 33.2 Å². The Hall–Kier alpha value is -2.07. The van der Waals surface area contributed by atoms with Gasteiger partial charge in [0, 0.05) is 30.1 Å². The van der Waals surface area contributed by atoms with Crippen LogP contribution in [-0.2, 0) is 18.3 Å². The monoisotopic (exact) mass is 288 g/mol. The van der Waals surface area contributed by atoms with Crippen molar-refractivity contribution in [3.63, 3.8) is 0 Å². The van der Waals surface area contributed by atoms with Crippen LogP contribution in [0.1, 0.15) is 30.7 Å². The van der Waals surface area contributed by atoms with Gasteiger partial charge >= 0.3 is 5.97 Å². The summed E-state index contributed by atoms with van der Waals surface area (Å²) in [5.74, 6) is -0.979. The Morgan fingerprint density at radius 1 is 1.48 bits per heavy atom. The summed E-state index contributed by atoms with van der Waals surface area (Å²) in [6.07, 6.45) is 2.11. The Bertz CT molecular complexity index is 656.